The van der Waals surface area contributed by atoms with Gasteiger partial charge >= 0.3 is 0 Å². The molecule has 0 N–H and O–H groups in total. The van der Waals surface area contributed by atoms with Gasteiger partial charge in [-0.1, -0.05) is 107 Å². The van der Waals surface area contributed by atoms with Gasteiger partial charge in [-0.3, -0.25) is 0 Å². The molecule has 1 aliphatic rings. The van der Waals surface area contributed by atoms with Crippen molar-refractivity contribution in [3.8, 4) is 0 Å². The lowest BCUT2D eigenvalue weighted by molar-refractivity contribution is 0.388. The Hall–Kier alpha value is -0.780. The highest BCUT2D eigenvalue weighted by Gasteiger charge is 2.26. The number of hydrogen-bond acceptors (Lipinski definition) is 0. The fraction of sp³-hybridized carbons (Fsp3) is 0.818. The first-order valence-electron chi connectivity index (χ1n) is 15.0. The molecule has 192 valence electrons. The standard InChI is InChI=1S/C33H60/c1-8-12-13-14-15-16-17-18-25-33(27(5)10-3)31(11-4)29(7)32-26-20-24-30(21-9-2)23-19-22-28(32)6/h8,12,29-31H,9-11,13-26H2,1-7H3. The predicted octanol–water partition coefficient (Wildman–Crippen LogP) is 11.8. The Morgan fingerprint density at radius 1 is 0.970 bits per heavy atom. The van der Waals surface area contributed by atoms with Crippen molar-refractivity contribution < 1.29 is 0 Å². The van der Waals surface area contributed by atoms with E-state index in [0.717, 1.165) is 17.8 Å². The largest absolute Gasteiger partial charge is 0.0917 e. The maximum atomic E-state index is 2.58. The summed E-state index contributed by atoms with van der Waals surface area (Å²) in [6.45, 7) is 16.8. The molecule has 0 heteroatoms. The van der Waals surface area contributed by atoms with Crippen LogP contribution in [0, 0.1) is 17.8 Å². The molecular weight excluding hydrogens is 396 g/mol. The van der Waals surface area contributed by atoms with E-state index >= 15 is 0 Å². The zero-order valence-electron chi connectivity index (χ0n) is 23.9. The van der Waals surface area contributed by atoms with Crippen LogP contribution in [0.1, 0.15) is 158 Å². The van der Waals surface area contributed by atoms with Gasteiger partial charge in [0.05, 0.1) is 0 Å². The topological polar surface area (TPSA) is 0 Å². The maximum absolute atomic E-state index is 2.58. The van der Waals surface area contributed by atoms with E-state index in [9.17, 15) is 0 Å². The lowest BCUT2D eigenvalue weighted by Crippen LogP contribution is -2.19. The molecule has 3 atom stereocenters. The minimum absolute atomic E-state index is 0.718. The summed E-state index contributed by atoms with van der Waals surface area (Å²) in [5.41, 5.74) is 7.09. The van der Waals surface area contributed by atoms with E-state index < -0.39 is 0 Å². The molecule has 1 aliphatic carbocycles. The smallest absolute Gasteiger partial charge is 0.0140 e. The van der Waals surface area contributed by atoms with Gasteiger partial charge in [-0.15, -0.1) is 0 Å². The van der Waals surface area contributed by atoms with Crippen LogP contribution in [-0.2, 0) is 0 Å². The van der Waals surface area contributed by atoms with E-state index in [1.54, 1.807) is 11.1 Å². The van der Waals surface area contributed by atoms with Gasteiger partial charge in [0, 0.05) is 0 Å². The average molecular weight is 457 g/mol. The van der Waals surface area contributed by atoms with Crippen molar-refractivity contribution in [2.45, 2.75) is 158 Å². The summed E-state index contributed by atoms with van der Waals surface area (Å²) >= 11 is 0. The molecular formula is C33H60. The Bertz CT molecular complexity index is 587. The monoisotopic (exact) mass is 456 g/mol. The molecule has 0 amide bonds. The summed E-state index contributed by atoms with van der Waals surface area (Å²) in [5.74, 6) is 2.45. The molecule has 0 aromatic rings. The molecule has 33 heavy (non-hydrogen) atoms. The Balaban J connectivity index is 2.81. The molecule has 0 fully saturated rings. The van der Waals surface area contributed by atoms with E-state index in [2.05, 4.69) is 60.6 Å². The molecule has 0 heterocycles. The normalized spacial score (nSPS) is 20.9. The number of rotatable bonds is 15. The highest BCUT2D eigenvalue weighted by molar-refractivity contribution is 5.23. The second-order valence-electron chi connectivity index (χ2n) is 11.1. The molecule has 0 aromatic heterocycles. The van der Waals surface area contributed by atoms with Gasteiger partial charge in [0.15, 0.2) is 0 Å². The summed E-state index contributed by atoms with van der Waals surface area (Å²) < 4.78 is 0. The van der Waals surface area contributed by atoms with Crippen LogP contribution in [0.25, 0.3) is 0 Å². The predicted molar refractivity (Wildman–Crippen MR) is 152 cm³/mol. The van der Waals surface area contributed by atoms with Gasteiger partial charge in [-0.2, -0.15) is 0 Å². The Morgan fingerprint density at radius 3 is 2.27 bits per heavy atom. The highest BCUT2D eigenvalue weighted by Crippen LogP contribution is 2.40. The minimum atomic E-state index is 0.718. The SMILES string of the molecule is CC=CCCCCCCCC(=C(C)CC)C(CC)C(C)C1=C(C)CCCC(CCC)CCC1. The van der Waals surface area contributed by atoms with Crippen molar-refractivity contribution in [3.63, 3.8) is 0 Å². The van der Waals surface area contributed by atoms with Gasteiger partial charge in [-0.05, 0) is 103 Å². The molecule has 0 radical (unpaired) electrons. The quantitative estimate of drug-likeness (QED) is 0.170. The summed E-state index contributed by atoms with van der Waals surface area (Å²) in [6, 6.07) is 0. The first kappa shape index (κ1) is 30.3. The fourth-order valence-corrected chi connectivity index (χ4v) is 6.43. The molecule has 0 spiro atoms. The van der Waals surface area contributed by atoms with Gasteiger partial charge in [0.1, 0.15) is 0 Å². The van der Waals surface area contributed by atoms with Crippen molar-refractivity contribution in [3.05, 3.63) is 34.4 Å². The Labute approximate surface area is 209 Å². The van der Waals surface area contributed by atoms with E-state index in [-0.39, 0.29) is 0 Å². The number of allylic oxidation sites excluding steroid dienone is 6. The molecule has 1 rings (SSSR count). The molecule has 3 unspecified atom stereocenters. The highest BCUT2D eigenvalue weighted by atomic mass is 14.3. The van der Waals surface area contributed by atoms with Crippen LogP contribution in [0.3, 0.4) is 0 Å². The van der Waals surface area contributed by atoms with Crippen molar-refractivity contribution in [1.29, 1.82) is 0 Å². The van der Waals surface area contributed by atoms with E-state index in [0.29, 0.717) is 0 Å². The fourth-order valence-electron chi connectivity index (χ4n) is 6.43. The molecule has 0 aromatic carbocycles. The molecule has 0 bridgehead atoms. The Morgan fingerprint density at radius 2 is 1.64 bits per heavy atom. The summed E-state index contributed by atoms with van der Waals surface area (Å²) in [5, 5.41) is 0. The van der Waals surface area contributed by atoms with Crippen molar-refractivity contribution in [2.24, 2.45) is 17.8 Å². The summed E-state index contributed by atoms with van der Waals surface area (Å²) in [4.78, 5) is 0. The van der Waals surface area contributed by atoms with Crippen LogP contribution < -0.4 is 0 Å². The molecule has 0 aliphatic heterocycles. The minimum Gasteiger partial charge on any atom is -0.0917 e. The number of unbranched alkanes of at least 4 members (excludes halogenated alkanes) is 5. The van der Waals surface area contributed by atoms with Crippen molar-refractivity contribution >= 4 is 0 Å². The average Bonchev–Trinajstić information content (AvgIpc) is 2.90. The van der Waals surface area contributed by atoms with E-state index in [4.69, 9.17) is 0 Å². The van der Waals surface area contributed by atoms with Crippen LogP contribution in [-0.4, -0.2) is 0 Å². The van der Waals surface area contributed by atoms with Gasteiger partial charge in [-0.25, -0.2) is 0 Å². The second-order valence-corrected chi connectivity index (χ2v) is 11.1. The van der Waals surface area contributed by atoms with E-state index in [1.807, 2.05) is 11.1 Å². The van der Waals surface area contributed by atoms with Gasteiger partial charge < -0.3 is 0 Å². The third-order valence-electron chi connectivity index (χ3n) is 8.64. The van der Waals surface area contributed by atoms with Gasteiger partial charge in [0.2, 0.25) is 0 Å². The first-order valence-corrected chi connectivity index (χ1v) is 15.0. The maximum Gasteiger partial charge on any atom is -0.0140 e. The summed E-state index contributed by atoms with van der Waals surface area (Å²) in [7, 11) is 0. The molecule has 0 saturated carbocycles. The molecule has 0 nitrogen and oxygen atoms in total. The van der Waals surface area contributed by atoms with Crippen molar-refractivity contribution in [1.82, 2.24) is 0 Å². The Kier molecular flexibility index (Phi) is 17.0. The van der Waals surface area contributed by atoms with Gasteiger partial charge in [0.25, 0.3) is 0 Å². The lowest BCUT2D eigenvalue weighted by atomic mass is 9.74. The van der Waals surface area contributed by atoms with Crippen LogP contribution >= 0.6 is 0 Å². The third kappa shape index (κ3) is 11.5. The zero-order chi connectivity index (χ0) is 24.5. The molecule has 0 saturated heterocycles. The zero-order valence-corrected chi connectivity index (χ0v) is 23.9. The van der Waals surface area contributed by atoms with Crippen LogP contribution in [0.5, 0.6) is 0 Å². The first-order chi connectivity index (χ1) is 16.0. The third-order valence-corrected chi connectivity index (χ3v) is 8.64. The van der Waals surface area contributed by atoms with Crippen LogP contribution in [0.2, 0.25) is 0 Å². The number of hydrogen-bond donors (Lipinski definition) is 0. The second kappa shape index (κ2) is 18.5. The lowest BCUT2D eigenvalue weighted by Gasteiger charge is -2.31. The van der Waals surface area contributed by atoms with Crippen molar-refractivity contribution in [2.75, 3.05) is 0 Å². The van der Waals surface area contributed by atoms with Crippen LogP contribution in [0.4, 0.5) is 0 Å². The summed E-state index contributed by atoms with van der Waals surface area (Å²) in [6.07, 6.45) is 27.8. The van der Waals surface area contributed by atoms with E-state index in [1.165, 1.54) is 109 Å². The van der Waals surface area contributed by atoms with Crippen LogP contribution in [0.15, 0.2) is 34.4 Å².